The lowest BCUT2D eigenvalue weighted by molar-refractivity contribution is 0.101. The lowest BCUT2D eigenvalue weighted by Gasteiger charge is -2.05. The zero-order chi connectivity index (χ0) is 12.3. The Labute approximate surface area is 99.3 Å². The van der Waals surface area contributed by atoms with Crippen molar-refractivity contribution in [3.8, 4) is 12.3 Å². The molecule has 0 aliphatic rings. The molecule has 0 spiro atoms. The maximum Gasteiger partial charge on any atom is 0.273 e. The molecule has 0 atom stereocenters. The summed E-state index contributed by atoms with van der Waals surface area (Å²) in [5, 5.41) is 6.70. The molecule has 4 nitrogen and oxygen atoms in total. The summed E-state index contributed by atoms with van der Waals surface area (Å²) < 4.78 is 1.51. The zero-order valence-corrected chi connectivity index (χ0v) is 9.34. The molecule has 0 aliphatic heterocycles. The third-order valence-corrected chi connectivity index (χ3v) is 2.34. The van der Waals surface area contributed by atoms with Gasteiger partial charge in [0.25, 0.3) is 5.91 Å². The number of amides is 1. The summed E-state index contributed by atoms with van der Waals surface area (Å²) in [5.74, 6) is 2.31. The molecule has 0 saturated carbocycles. The largest absolute Gasteiger partial charge is 0.321 e. The highest BCUT2D eigenvalue weighted by atomic mass is 16.2. The number of hydrogen-bond donors (Lipinski definition) is 1. The third-order valence-electron chi connectivity index (χ3n) is 2.34. The number of rotatable bonds is 2. The minimum atomic E-state index is -0.209. The maximum absolute atomic E-state index is 11.9. The van der Waals surface area contributed by atoms with E-state index < -0.39 is 0 Å². The molecule has 0 saturated heterocycles. The van der Waals surface area contributed by atoms with Gasteiger partial charge in [-0.2, -0.15) is 5.10 Å². The topological polar surface area (TPSA) is 46.9 Å². The van der Waals surface area contributed by atoms with Gasteiger partial charge in [-0.1, -0.05) is 12.0 Å². The van der Waals surface area contributed by atoms with Crippen LogP contribution in [0.1, 0.15) is 16.1 Å². The molecule has 1 N–H and O–H groups in total. The van der Waals surface area contributed by atoms with E-state index >= 15 is 0 Å². The van der Waals surface area contributed by atoms with Crippen LogP contribution in [0.4, 0.5) is 5.69 Å². The van der Waals surface area contributed by atoms with E-state index in [0.29, 0.717) is 11.4 Å². The minimum absolute atomic E-state index is 0.209. The molecule has 0 radical (unpaired) electrons. The molecule has 0 aliphatic carbocycles. The van der Waals surface area contributed by atoms with Crippen molar-refractivity contribution >= 4 is 11.6 Å². The summed E-state index contributed by atoms with van der Waals surface area (Å²) in [5.41, 5.74) is 1.90. The normalized spacial score (nSPS) is 9.65. The summed E-state index contributed by atoms with van der Waals surface area (Å²) >= 11 is 0. The molecule has 0 unspecified atom stereocenters. The van der Waals surface area contributed by atoms with E-state index in [9.17, 15) is 4.79 Å². The Hall–Kier alpha value is -2.54. The Morgan fingerprint density at radius 2 is 2.29 bits per heavy atom. The molecule has 0 fully saturated rings. The Bertz CT molecular complexity index is 593. The maximum atomic E-state index is 11.9. The smallest absolute Gasteiger partial charge is 0.273 e. The van der Waals surface area contributed by atoms with Crippen LogP contribution >= 0.6 is 0 Å². The molecule has 1 aromatic heterocycles. The molecular formula is C13H11N3O. The van der Waals surface area contributed by atoms with Crippen LogP contribution in [0.5, 0.6) is 0 Å². The monoisotopic (exact) mass is 225 g/mol. The van der Waals surface area contributed by atoms with Crippen LogP contribution in [0.2, 0.25) is 0 Å². The lowest BCUT2D eigenvalue weighted by Crippen LogP contribution is -2.16. The second-order valence-electron chi connectivity index (χ2n) is 3.52. The van der Waals surface area contributed by atoms with Crippen molar-refractivity contribution in [1.82, 2.24) is 9.78 Å². The predicted molar refractivity (Wildman–Crippen MR) is 65.5 cm³/mol. The van der Waals surface area contributed by atoms with Crippen molar-refractivity contribution in [1.29, 1.82) is 0 Å². The third kappa shape index (κ3) is 2.34. The number of carbonyl (C=O) groups excluding carboxylic acids is 1. The second kappa shape index (κ2) is 4.54. The van der Waals surface area contributed by atoms with Crippen molar-refractivity contribution in [3.05, 3.63) is 47.8 Å². The molecule has 84 valence electrons. The SMILES string of the molecule is C#Cc1cccc(NC(=O)c2ccnn2C)c1. The predicted octanol–water partition coefficient (Wildman–Crippen LogP) is 1.65. The molecule has 4 heteroatoms. The number of carbonyl (C=O) groups is 1. The van der Waals surface area contributed by atoms with Crippen molar-refractivity contribution in [2.24, 2.45) is 7.05 Å². The summed E-state index contributed by atoms with van der Waals surface area (Å²) in [6.07, 6.45) is 6.87. The molecule has 2 aromatic rings. The van der Waals surface area contributed by atoms with Gasteiger partial charge in [0.15, 0.2) is 0 Å². The molecule has 1 heterocycles. The van der Waals surface area contributed by atoms with Crippen molar-refractivity contribution in [2.75, 3.05) is 5.32 Å². The van der Waals surface area contributed by atoms with Crippen LogP contribution in [0.15, 0.2) is 36.5 Å². The Morgan fingerprint density at radius 1 is 1.47 bits per heavy atom. The van der Waals surface area contributed by atoms with Gasteiger partial charge in [-0.25, -0.2) is 0 Å². The van der Waals surface area contributed by atoms with Crippen molar-refractivity contribution < 1.29 is 4.79 Å². The van der Waals surface area contributed by atoms with E-state index in [4.69, 9.17) is 6.42 Å². The molecule has 1 amide bonds. The number of nitrogens with one attached hydrogen (secondary N) is 1. The highest BCUT2D eigenvalue weighted by molar-refractivity contribution is 6.03. The highest BCUT2D eigenvalue weighted by Gasteiger charge is 2.09. The first-order valence-electron chi connectivity index (χ1n) is 5.07. The van der Waals surface area contributed by atoms with Crippen LogP contribution in [0.3, 0.4) is 0 Å². The number of nitrogens with zero attached hydrogens (tertiary/aromatic N) is 2. The number of terminal acetylenes is 1. The van der Waals surface area contributed by atoms with Crippen LogP contribution < -0.4 is 5.32 Å². The van der Waals surface area contributed by atoms with Gasteiger partial charge in [0.05, 0.1) is 0 Å². The number of aromatic nitrogens is 2. The summed E-state index contributed by atoms with van der Waals surface area (Å²) in [4.78, 5) is 11.9. The number of hydrogen-bond acceptors (Lipinski definition) is 2. The van der Waals surface area contributed by atoms with E-state index in [1.807, 2.05) is 0 Å². The summed E-state index contributed by atoms with van der Waals surface area (Å²) in [7, 11) is 1.72. The Kier molecular flexibility index (Phi) is 2.93. The van der Waals surface area contributed by atoms with Gasteiger partial charge in [0, 0.05) is 24.5 Å². The Balaban J connectivity index is 2.19. The molecule has 1 aromatic carbocycles. The van der Waals surface area contributed by atoms with E-state index in [2.05, 4.69) is 16.3 Å². The second-order valence-corrected chi connectivity index (χ2v) is 3.52. The number of benzene rings is 1. The fourth-order valence-electron chi connectivity index (χ4n) is 1.48. The highest BCUT2D eigenvalue weighted by Crippen LogP contribution is 2.11. The van der Waals surface area contributed by atoms with Crippen LogP contribution in [-0.2, 0) is 7.05 Å². The quantitative estimate of drug-likeness (QED) is 0.790. The van der Waals surface area contributed by atoms with E-state index in [1.54, 1.807) is 43.6 Å². The number of anilines is 1. The van der Waals surface area contributed by atoms with Gasteiger partial charge in [-0.15, -0.1) is 6.42 Å². The zero-order valence-electron chi connectivity index (χ0n) is 9.34. The molecule has 2 rings (SSSR count). The average molecular weight is 225 g/mol. The van der Waals surface area contributed by atoms with Gasteiger partial charge in [0.2, 0.25) is 0 Å². The van der Waals surface area contributed by atoms with E-state index in [0.717, 1.165) is 5.56 Å². The lowest BCUT2D eigenvalue weighted by atomic mass is 10.2. The Morgan fingerprint density at radius 3 is 2.94 bits per heavy atom. The summed E-state index contributed by atoms with van der Waals surface area (Å²) in [6, 6.07) is 8.79. The first-order chi connectivity index (χ1) is 8.20. The van der Waals surface area contributed by atoms with Gasteiger partial charge in [0.1, 0.15) is 5.69 Å². The van der Waals surface area contributed by atoms with Gasteiger partial charge < -0.3 is 5.32 Å². The molecular weight excluding hydrogens is 214 g/mol. The van der Waals surface area contributed by atoms with Crippen molar-refractivity contribution in [2.45, 2.75) is 0 Å². The first kappa shape index (κ1) is 11.0. The van der Waals surface area contributed by atoms with E-state index in [1.165, 1.54) is 4.68 Å². The number of aryl methyl sites for hydroxylation is 1. The van der Waals surface area contributed by atoms with Gasteiger partial charge in [-0.3, -0.25) is 9.48 Å². The first-order valence-corrected chi connectivity index (χ1v) is 5.07. The molecule has 17 heavy (non-hydrogen) atoms. The van der Waals surface area contributed by atoms with Crippen LogP contribution in [0, 0.1) is 12.3 Å². The summed E-state index contributed by atoms with van der Waals surface area (Å²) in [6.45, 7) is 0. The fraction of sp³-hybridized carbons (Fsp3) is 0.0769. The van der Waals surface area contributed by atoms with Gasteiger partial charge >= 0.3 is 0 Å². The van der Waals surface area contributed by atoms with Crippen molar-refractivity contribution in [3.63, 3.8) is 0 Å². The van der Waals surface area contributed by atoms with E-state index in [-0.39, 0.29) is 5.91 Å². The van der Waals surface area contributed by atoms with Gasteiger partial charge in [-0.05, 0) is 24.3 Å². The minimum Gasteiger partial charge on any atom is -0.321 e. The van der Waals surface area contributed by atoms with Crippen LogP contribution in [-0.4, -0.2) is 15.7 Å². The molecule has 0 bridgehead atoms. The average Bonchev–Trinajstić information content (AvgIpc) is 2.76. The fourth-order valence-corrected chi connectivity index (χ4v) is 1.48. The van der Waals surface area contributed by atoms with Crippen LogP contribution in [0.25, 0.3) is 0 Å². The standard InChI is InChI=1S/C13H11N3O/c1-3-10-5-4-6-11(9-10)15-13(17)12-7-8-14-16(12)2/h1,4-9H,2H3,(H,15,17).